The summed E-state index contributed by atoms with van der Waals surface area (Å²) in [4.78, 5) is 13.5. The molecule has 4 nitrogen and oxygen atoms in total. The molecule has 1 amide bonds. The Morgan fingerprint density at radius 1 is 1.24 bits per heavy atom. The SMILES string of the molecule is CCc1c(-c2cccc(OC(F)(F)F)c2)c(C(N)=O)c(C)n1CCc1cccs1. The molecule has 0 saturated heterocycles. The maximum atomic E-state index is 12.6. The minimum Gasteiger partial charge on any atom is -0.406 e. The maximum Gasteiger partial charge on any atom is 0.573 e. The standard InChI is InChI=1S/C21H21F3N2O2S/c1-3-17-19(14-6-4-7-15(12-14)28-21(22,23)24)18(20(25)27)13(2)26(17)10-9-16-8-5-11-29-16/h4-8,11-12H,3,9-10H2,1-2H3,(H2,25,27). The van der Waals surface area contributed by atoms with E-state index < -0.39 is 12.3 Å². The van der Waals surface area contributed by atoms with E-state index in [9.17, 15) is 18.0 Å². The number of aromatic nitrogens is 1. The molecule has 29 heavy (non-hydrogen) atoms. The highest BCUT2D eigenvalue weighted by atomic mass is 32.1. The van der Waals surface area contributed by atoms with Gasteiger partial charge in [-0.05, 0) is 48.9 Å². The van der Waals surface area contributed by atoms with E-state index in [0.29, 0.717) is 35.3 Å². The van der Waals surface area contributed by atoms with Crippen LogP contribution in [0.25, 0.3) is 11.1 Å². The summed E-state index contributed by atoms with van der Waals surface area (Å²) < 4.78 is 44.0. The Balaban J connectivity index is 2.09. The van der Waals surface area contributed by atoms with Crippen molar-refractivity contribution in [2.45, 2.75) is 39.6 Å². The average Bonchev–Trinajstić information content (AvgIpc) is 3.24. The molecule has 0 radical (unpaired) electrons. The molecule has 3 aromatic rings. The number of amides is 1. The fourth-order valence-corrected chi connectivity index (χ4v) is 4.30. The van der Waals surface area contributed by atoms with E-state index >= 15 is 0 Å². The van der Waals surface area contributed by atoms with Crippen LogP contribution in [-0.2, 0) is 19.4 Å². The van der Waals surface area contributed by atoms with Gasteiger partial charge in [-0.25, -0.2) is 0 Å². The summed E-state index contributed by atoms with van der Waals surface area (Å²) in [6, 6.07) is 9.68. The Bertz CT molecular complexity index is 1010. The van der Waals surface area contributed by atoms with Crippen LogP contribution in [0.15, 0.2) is 41.8 Å². The van der Waals surface area contributed by atoms with Crippen molar-refractivity contribution in [3.8, 4) is 16.9 Å². The van der Waals surface area contributed by atoms with E-state index in [4.69, 9.17) is 5.73 Å². The first-order chi connectivity index (χ1) is 13.7. The number of carbonyl (C=O) groups is 1. The third-order valence-electron chi connectivity index (χ3n) is 4.73. The number of nitrogens with two attached hydrogens (primary N) is 1. The van der Waals surface area contributed by atoms with Crippen LogP contribution in [0.2, 0.25) is 0 Å². The Morgan fingerprint density at radius 3 is 2.59 bits per heavy atom. The molecule has 0 saturated carbocycles. The highest BCUT2D eigenvalue weighted by Gasteiger charge is 2.31. The lowest BCUT2D eigenvalue weighted by Crippen LogP contribution is -2.17. The van der Waals surface area contributed by atoms with E-state index in [1.54, 1.807) is 17.4 Å². The molecule has 0 unspecified atom stereocenters. The predicted molar refractivity (Wildman–Crippen MR) is 107 cm³/mol. The third kappa shape index (κ3) is 4.64. The summed E-state index contributed by atoms with van der Waals surface area (Å²) in [6.07, 6.45) is -3.41. The lowest BCUT2D eigenvalue weighted by Gasteiger charge is -2.13. The average molecular weight is 422 g/mol. The van der Waals surface area contributed by atoms with Crippen molar-refractivity contribution in [3.05, 3.63) is 63.6 Å². The zero-order valence-corrected chi connectivity index (χ0v) is 16.9. The van der Waals surface area contributed by atoms with Gasteiger partial charge in [-0.1, -0.05) is 25.1 Å². The second-order valence-corrected chi connectivity index (χ2v) is 7.59. The van der Waals surface area contributed by atoms with Gasteiger partial charge >= 0.3 is 6.36 Å². The molecule has 0 fully saturated rings. The third-order valence-corrected chi connectivity index (χ3v) is 5.67. The Kier molecular flexibility index (Phi) is 6.02. The number of ether oxygens (including phenoxy) is 1. The molecule has 1 aromatic carbocycles. The molecule has 2 N–H and O–H groups in total. The monoisotopic (exact) mass is 422 g/mol. The quantitative estimate of drug-likeness (QED) is 0.560. The molecule has 0 aliphatic rings. The number of halogens is 3. The van der Waals surface area contributed by atoms with Crippen molar-refractivity contribution in [1.29, 1.82) is 0 Å². The smallest absolute Gasteiger partial charge is 0.406 e. The van der Waals surface area contributed by atoms with Crippen LogP contribution >= 0.6 is 11.3 Å². The molecule has 8 heteroatoms. The summed E-state index contributed by atoms with van der Waals surface area (Å²) in [5.74, 6) is -0.944. The number of alkyl halides is 3. The van der Waals surface area contributed by atoms with Crippen LogP contribution in [0, 0.1) is 6.92 Å². The molecule has 2 aromatic heterocycles. The van der Waals surface area contributed by atoms with E-state index in [1.165, 1.54) is 23.1 Å². The first kappa shape index (κ1) is 21.0. The molecule has 0 atom stereocenters. The second-order valence-electron chi connectivity index (χ2n) is 6.56. The van der Waals surface area contributed by atoms with E-state index in [2.05, 4.69) is 4.74 Å². The molecule has 154 valence electrons. The predicted octanol–water partition coefficient (Wildman–Crippen LogP) is 5.33. The molecule has 0 bridgehead atoms. The van der Waals surface area contributed by atoms with Crippen molar-refractivity contribution in [3.63, 3.8) is 0 Å². The van der Waals surface area contributed by atoms with Gasteiger partial charge in [-0.15, -0.1) is 24.5 Å². The lowest BCUT2D eigenvalue weighted by atomic mass is 9.98. The minimum atomic E-state index is -4.79. The largest absolute Gasteiger partial charge is 0.573 e. The molecular weight excluding hydrogens is 401 g/mol. The van der Waals surface area contributed by atoms with Crippen molar-refractivity contribution >= 4 is 17.2 Å². The summed E-state index contributed by atoms with van der Waals surface area (Å²) in [5, 5.41) is 2.00. The molecule has 3 rings (SSSR count). The van der Waals surface area contributed by atoms with E-state index in [-0.39, 0.29) is 5.75 Å². The lowest BCUT2D eigenvalue weighted by molar-refractivity contribution is -0.274. The summed E-state index contributed by atoms with van der Waals surface area (Å²) >= 11 is 1.65. The number of primary amides is 1. The van der Waals surface area contributed by atoms with Crippen LogP contribution in [-0.4, -0.2) is 16.8 Å². The highest BCUT2D eigenvalue weighted by Crippen LogP contribution is 2.36. The molecule has 0 spiro atoms. The summed E-state index contributed by atoms with van der Waals surface area (Å²) in [6.45, 7) is 4.41. The number of hydrogen-bond donors (Lipinski definition) is 1. The number of benzene rings is 1. The second kappa shape index (κ2) is 8.32. The molecular formula is C21H21F3N2O2S. The molecule has 0 aliphatic heterocycles. The van der Waals surface area contributed by atoms with Crippen LogP contribution in [0.4, 0.5) is 13.2 Å². The van der Waals surface area contributed by atoms with Crippen molar-refractivity contribution in [1.82, 2.24) is 4.57 Å². The number of thiophene rings is 1. The zero-order chi connectivity index (χ0) is 21.2. The van der Waals surface area contributed by atoms with Crippen molar-refractivity contribution in [2.75, 3.05) is 0 Å². The van der Waals surface area contributed by atoms with Gasteiger partial charge in [0.05, 0.1) is 5.56 Å². The number of rotatable bonds is 7. The van der Waals surface area contributed by atoms with Crippen LogP contribution < -0.4 is 10.5 Å². The van der Waals surface area contributed by atoms with Gasteiger partial charge in [0.1, 0.15) is 5.75 Å². The van der Waals surface area contributed by atoms with Gasteiger partial charge in [-0.3, -0.25) is 4.79 Å². The number of carbonyl (C=O) groups excluding carboxylic acids is 1. The first-order valence-electron chi connectivity index (χ1n) is 9.11. The van der Waals surface area contributed by atoms with Crippen molar-refractivity contribution < 1.29 is 22.7 Å². The van der Waals surface area contributed by atoms with Gasteiger partial charge in [-0.2, -0.15) is 0 Å². The number of nitrogens with zero attached hydrogens (tertiary/aromatic N) is 1. The molecule has 2 heterocycles. The van der Waals surface area contributed by atoms with Gasteiger partial charge in [0.25, 0.3) is 5.91 Å². The number of hydrogen-bond acceptors (Lipinski definition) is 3. The topological polar surface area (TPSA) is 57.2 Å². The van der Waals surface area contributed by atoms with Gasteiger partial charge < -0.3 is 15.0 Å². The Labute approximate surface area is 170 Å². The Hall–Kier alpha value is -2.74. The molecule has 0 aliphatic carbocycles. The van der Waals surface area contributed by atoms with E-state index in [1.807, 2.05) is 35.9 Å². The van der Waals surface area contributed by atoms with Gasteiger partial charge in [0.15, 0.2) is 0 Å². The maximum absolute atomic E-state index is 12.6. The van der Waals surface area contributed by atoms with Gasteiger partial charge in [0.2, 0.25) is 0 Å². The minimum absolute atomic E-state index is 0.331. The summed E-state index contributed by atoms with van der Waals surface area (Å²) in [7, 11) is 0. The first-order valence-corrected chi connectivity index (χ1v) is 9.99. The normalized spacial score (nSPS) is 11.6. The Morgan fingerprint density at radius 2 is 2.00 bits per heavy atom. The summed E-state index contributed by atoms with van der Waals surface area (Å²) in [5.41, 5.74) is 8.59. The highest BCUT2D eigenvalue weighted by molar-refractivity contribution is 7.09. The van der Waals surface area contributed by atoms with Crippen LogP contribution in [0.5, 0.6) is 5.75 Å². The number of aryl methyl sites for hydroxylation is 1. The van der Waals surface area contributed by atoms with Crippen molar-refractivity contribution in [2.24, 2.45) is 5.73 Å². The fourth-order valence-electron chi connectivity index (χ4n) is 3.61. The van der Waals surface area contributed by atoms with E-state index in [0.717, 1.165) is 12.1 Å². The van der Waals surface area contributed by atoms with Crippen LogP contribution in [0.3, 0.4) is 0 Å². The van der Waals surface area contributed by atoms with Gasteiger partial charge in [0, 0.05) is 28.4 Å². The fraction of sp³-hybridized carbons (Fsp3) is 0.286. The van der Waals surface area contributed by atoms with Crippen LogP contribution in [0.1, 0.15) is 33.5 Å². The zero-order valence-electron chi connectivity index (χ0n) is 16.0.